The van der Waals surface area contributed by atoms with Gasteiger partial charge in [-0.3, -0.25) is 0 Å². The maximum atomic E-state index is 5.41. The van der Waals surface area contributed by atoms with E-state index in [0.717, 1.165) is 30.6 Å². The van der Waals surface area contributed by atoms with Gasteiger partial charge in [-0.25, -0.2) is 4.98 Å². The standard InChI is InChI=1S/C15H20N2OS/c1-11-3-4-14(17(11)2)15-16-13(10-19-15)9-12-5-7-18-8-6-12/h3-4,10,12H,5-9H2,1-2H3. The summed E-state index contributed by atoms with van der Waals surface area (Å²) in [4.78, 5) is 4.81. The Labute approximate surface area is 118 Å². The van der Waals surface area contributed by atoms with E-state index in [-0.39, 0.29) is 0 Å². The fourth-order valence-corrected chi connectivity index (χ4v) is 3.48. The van der Waals surface area contributed by atoms with E-state index in [1.807, 2.05) is 0 Å². The molecule has 2 aromatic heterocycles. The molecule has 4 heteroatoms. The third kappa shape index (κ3) is 2.74. The molecule has 0 aliphatic carbocycles. The van der Waals surface area contributed by atoms with E-state index in [0.29, 0.717) is 0 Å². The van der Waals surface area contributed by atoms with Gasteiger partial charge in [-0.1, -0.05) is 0 Å². The Morgan fingerprint density at radius 1 is 1.37 bits per heavy atom. The van der Waals surface area contributed by atoms with Crippen molar-refractivity contribution in [3.63, 3.8) is 0 Å². The van der Waals surface area contributed by atoms with Gasteiger partial charge in [0.05, 0.1) is 11.4 Å². The number of hydrogen-bond acceptors (Lipinski definition) is 3. The van der Waals surface area contributed by atoms with E-state index in [9.17, 15) is 0 Å². The van der Waals surface area contributed by atoms with Crippen LogP contribution in [0.2, 0.25) is 0 Å². The summed E-state index contributed by atoms with van der Waals surface area (Å²) in [6.07, 6.45) is 3.45. The van der Waals surface area contributed by atoms with Crippen LogP contribution in [0.1, 0.15) is 24.2 Å². The summed E-state index contributed by atoms with van der Waals surface area (Å²) < 4.78 is 7.61. The maximum Gasteiger partial charge on any atom is 0.140 e. The van der Waals surface area contributed by atoms with E-state index >= 15 is 0 Å². The van der Waals surface area contributed by atoms with Crippen LogP contribution >= 0.6 is 11.3 Å². The molecule has 1 saturated heterocycles. The molecule has 0 atom stereocenters. The molecule has 0 radical (unpaired) electrons. The number of ether oxygens (including phenoxy) is 1. The van der Waals surface area contributed by atoms with E-state index in [1.54, 1.807) is 11.3 Å². The first-order valence-electron chi connectivity index (χ1n) is 6.89. The van der Waals surface area contributed by atoms with E-state index < -0.39 is 0 Å². The molecule has 1 fully saturated rings. The molecule has 0 amide bonds. The summed E-state index contributed by atoms with van der Waals surface area (Å²) in [7, 11) is 2.10. The van der Waals surface area contributed by atoms with E-state index in [2.05, 4.69) is 36.1 Å². The predicted molar refractivity (Wildman–Crippen MR) is 78.5 cm³/mol. The van der Waals surface area contributed by atoms with Crippen molar-refractivity contribution in [1.29, 1.82) is 0 Å². The zero-order chi connectivity index (χ0) is 13.2. The van der Waals surface area contributed by atoms with Crippen LogP contribution in [0.5, 0.6) is 0 Å². The second-order valence-corrected chi connectivity index (χ2v) is 6.18. The van der Waals surface area contributed by atoms with Gasteiger partial charge in [0.2, 0.25) is 0 Å². The van der Waals surface area contributed by atoms with Crippen molar-refractivity contribution in [2.45, 2.75) is 26.2 Å². The molecule has 1 aliphatic heterocycles. The van der Waals surface area contributed by atoms with Gasteiger partial charge >= 0.3 is 0 Å². The second kappa shape index (κ2) is 5.47. The Hall–Kier alpha value is -1.13. The van der Waals surface area contributed by atoms with Crippen LogP contribution in [0.15, 0.2) is 17.5 Å². The molecular formula is C15H20N2OS. The molecule has 0 spiro atoms. The van der Waals surface area contributed by atoms with Gasteiger partial charge in [0.25, 0.3) is 0 Å². The topological polar surface area (TPSA) is 27.1 Å². The van der Waals surface area contributed by atoms with Gasteiger partial charge in [-0.2, -0.15) is 0 Å². The molecule has 3 rings (SSSR count). The first-order valence-corrected chi connectivity index (χ1v) is 7.77. The number of nitrogens with zero attached hydrogens (tertiary/aromatic N) is 2. The SMILES string of the molecule is Cc1ccc(-c2nc(CC3CCOCC3)cs2)n1C. The number of rotatable bonds is 3. The molecule has 0 saturated carbocycles. The first kappa shape index (κ1) is 12.9. The van der Waals surface area contributed by atoms with Crippen molar-refractivity contribution in [3.05, 3.63) is 28.9 Å². The molecule has 2 aromatic rings. The van der Waals surface area contributed by atoms with Gasteiger partial charge in [0, 0.05) is 31.3 Å². The van der Waals surface area contributed by atoms with Crippen molar-refractivity contribution < 1.29 is 4.74 Å². The van der Waals surface area contributed by atoms with Gasteiger partial charge in [0.15, 0.2) is 0 Å². The average Bonchev–Trinajstić information content (AvgIpc) is 3.00. The van der Waals surface area contributed by atoms with Crippen molar-refractivity contribution >= 4 is 11.3 Å². The zero-order valence-electron chi connectivity index (χ0n) is 11.6. The number of hydrogen-bond donors (Lipinski definition) is 0. The Morgan fingerprint density at radius 2 is 2.16 bits per heavy atom. The Morgan fingerprint density at radius 3 is 2.84 bits per heavy atom. The minimum Gasteiger partial charge on any atom is -0.381 e. The molecule has 0 aromatic carbocycles. The highest BCUT2D eigenvalue weighted by Crippen LogP contribution is 2.27. The first-order chi connectivity index (χ1) is 9.24. The van der Waals surface area contributed by atoms with Crippen molar-refractivity contribution in [2.75, 3.05) is 13.2 Å². The Bertz CT molecular complexity index is 552. The summed E-state index contributed by atoms with van der Waals surface area (Å²) in [6.45, 7) is 3.96. The quantitative estimate of drug-likeness (QED) is 0.859. The van der Waals surface area contributed by atoms with Gasteiger partial charge < -0.3 is 9.30 Å². The molecule has 19 heavy (non-hydrogen) atoms. The lowest BCUT2D eigenvalue weighted by atomic mass is 9.95. The monoisotopic (exact) mass is 276 g/mol. The van der Waals surface area contributed by atoms with Crippen LogP contribution in [-0.2, 0) is 18.2 Å². The lowest BCUT2D eigenvalue weighted by Gasteiger charge is -2.20. The Kier molecular flexibility index (Phi) is 3.71. The molecule has 0 N–H and O–H groups in total. The van der Waals surface area contributed by atoms with E-state index in [4.69, 9.17) is 9.72 Å². The summed E-state index contributed by atoms with van der Waals surface area (Å²) in [5.41, 5.74) is 3.74. The number of aryl methyl sites for hydroxylation is 1. The summed E-state index contributed by atoms with van der Waals surface area (Å²) in [5, 5.41) is 3.35. The third-order valence-corrected chi connectivity index (χ3v) is 4.90. The molecular weight excluding hydrogens is 256 g/mol. The predicted octanol–water partition coefficient (Wildman–Crippen LogP) is 3.43. The average molecular weight is 276 g/mol. The highest BCUT2D eigenvalue weighted by molar-refractivity contribution is 7.13. The smallest absolute Gasteiger partial charge is 0.140 e. The molecule has 3 nitrogen and oxygen atoms in total. The van der Waals surface area contributed by atoms with Crippen molar-refractivity contribution in [1.82, 2.24) is 9.55 Å². The lowest BCUT2D eigenvalue weighted by Crippen LogP contribution is -2.17. The van der Waals surface area contributed by atoms with Crippen LogP contribution < -0.4 is 0 Å². The largest absolute Gasteiger partial charge is 0.381 e. The minimum absolute atomic E-state index is 0.749. The third-order valence-electron chi connectivity index (χ3n) is 3.98. The highest BCUT2D eigenvalue weighted by atomic mass is 32.1. The fourth-order valence-electron chi connectivity index (χ4n) is 2.59. The summed E-state index contributed by atoms with van der Waals surface area (Å²) in [5.74, 6) is 0.749. The van der Waals surface area contributed by atoms with Crippen LogP contribution in [0, 0.1) is 12.8 Å². The van der Waals surface area contributed by atoms with Crippen LogP contribution in [0.4, 0.5) is 0 Å². The molecule has 0 unspecified atom stereocenters. The number of thiazole rings is 1. The highest BCUT2D eigenvalue weighted by Gasteiger charge is 2.16. The van der Waals surface area contributed by atoms with E-state index in [1.165, 1.54) is 29.9 Å². The van der Waals surface area contributed by atoms with Crippen molar-refractivity contribution in [2.24, 2.45) is 13.0 Å². The minimum atomic E-state index is 0.749. The van der Waals surface area contributed by atoms with Gasteiger partial charge in [-0.15, -0.1) is 11.3 Å². The summed E-state index contributed by atoms with van der Waals surface area (Å²) >= 11 is 1.76. The van der Waals surface area contributed by atoms with Crippen LogP contribution in [0.3, 0.4) is 0 Å². The zero-order valence-corrected chi connectivity index (χ0v) is 12.4. The number of aromatic nitrogens is 2. The summed E-state index contributed by atoms with van der Waals surface area (Å²) in [6, 6.07) is 4.31. The van der Waals surface area contributed by atoms with Crippen LogP contribution in [-0.4, -0.2) is 22.8 Å². The molecule has 0 bridgehead atoms. The Balaban J connectivity index is 1.74. The van der Waals surface area contributed by atoms with Gasteiger partial charge in [0.1, 0.15) is 5.01 Å². The van der Waals surface area contributed by atoms with Crippen LogP contribution in [0.25, 0.3) is 10.7 Å². The molecule has 3 heterocycles. The molecule has 1 aliphatic rings. The molecule has 102 valence electrons. The van der Waals surface area contributed by atoms with Gasteiger partial charge in [-0.05, 0) is 44.2 Å². The second-order valence-electron chi connectivity index (χ2n) is 5.32. The lowest BCUT2D eigenvalue weighted by molar-refractivity contribution is 0.0663. The normalized spacial score (nSPS) is 16.9. The maximum absolute atomic E-state index is 5.41. The van der Waals surface area contributed by atoms with Crippen molar-refractivity contribution in [3.8, 4) is 10.7 Å². The fraction of sp³-hybridized carbons (Fsp3) is 0.533.